The molecule has 0 unspecified atom stereocenters. The first-order chi connectivity index (χ1) is 8.47. The predicted octanol–water partition coefficient (Wildman–Crippen LogP) is 2.68. The van der Waals surface area contributed by atoms with E-state index in [4.69, 9.17) is 4.74 Å². The lowest BCUT2D eigenvalue weighted by atomic mass is 9.83. The van der Waals surface area contributed by atoms with Gasteiger partial charge in [-0.05, 0) is 52.6 Å². The van der Waals surface area contributed by atoms with Gasteiger partial charge in [0.1, 0.15) is 5.60 Å². The van der Waals surface area contributed by atoms with Crippen molar-refractivity contribution in [3.63, 3.8) is 0 Å². The van der Waals surface area contributed by atoms with Crippen molar-refractivity contribution in [3.8, 4) is 0 Å². The molecule has 1 aliphatic carbocycles. The standard InChI is InChI=1S/C14H28N2O2/c1-14(2,3)18-13(17)16-10-5-9-15-11-8-12-6-4-7-12/h12,15H,4-11H2,1-3H3,(H,16,17). The van der Waals surface area contributed by atoms with E-state index in [2.05, 4.69) is 10.6 Å². The first-order valence-electron chi connectivity index (χ1n) is 7.15. The Morgan fingerprint density at radius 3 is 2.50 bits per heavy atom. The first-order valence-corrected chi connectivity index (χ1v) is 7.15. The summed E-state index contributed by atoms with van der Waals surface area (Å²) < 4.78 is 5.15. The van der Waals surface area contributed by atoms with Crippen LogP contribution in [0.15, 0.2) is 0 Å². The van der Waals surface area contributed by atoms with Crippen LogP contribution < -0.4 is 10.6 Å². The summed E-state index contributed by atoms with van der Waals surface area (Å²) in [6, 6.07) is 0. The first kappa shape index (κ1) is 15.3. The SMILES string of the molecule is CC(C)(C)OC(=O)NCCCNCCC1CCC1. The van der Waals surface area contributed by atoms with E-state index in [1.807, 2.05) is 20.8 Å². The third kappa shape index (κ3) is 7.54. The van der Waals surface area contributed by atoms with Crippen LogP contribution in [0.4, 0.5) is 4.79 Å². The van der Waals surface area contributed by atoms with Gasteiger partial charge in [0.05, 0.1) is 0 Å². The minimum Gasteiger partial charge on any atom is -0.444 e. The largest absolute Gasteiger partial charge is 0.444 e. The molecular formula is C14H28N2O2. The lowest BCUT2D eigenvalue weighted by Crippen LogP contribution is -2.34. The fourth-order valence-electron chi connectivity index (χ4n) is 1.93. The van der Waals surface area contributed by atoms with Crippen molar-refractivity contribution in [1.82, 2.24) is 10.6 Å². The molecule has 0 radical (unpaired) electrons. The van der Waals surface area contributed by atoms with E-state index in [9.17, 15) is 4.79 Å². The van der Waals surface area contributed by atoms with Crippen LogP contribution in [0.25, 0.3) is 0 Å². The molecule has 1 amide bonds. The molecule has 4 nitrogen and oxygen atoms in total. The summed E-state index contributed by atoms with van der Waals surface area (Å²) in [5.41, 5.74) is -0.412. The van der Waals surface area contributed by atoms with E-state index < -0.39 is 5.60 Å². The number of hydrogen-bond donors (Lipinski definition) is 2. The fourth-order valence-corrected chi connectivity index (χ4v) is 1.93. The molecule has 1 fully saturated rings. The van der Waals surface area contributed by atoms with Gasteiger partial charge in [0.2, 0.25) is 0 Å². The Morgan fingerprint density at radius 2 is 1.94 bits per heavy atom. The molecule has 0 aromatic heterocycles. The Hall–Kier alpha value is -0.770. The van der Waals surface area contributed by atoms with Crippen molar-refractivity contribution in [2.45, 2.75) is 58.5 Å². The summed E-state index contributed by atoms with van der Waals surface area (Å²) in [4.78, 5) is 11.3. The van der Waals surface area contributed by atoms with Crippen molar-refractivity contribution in [3.05, 3.63) is 0 Å². The van der Waals surface area contributed by atoms with E-state index in [1.54, 1.807) is 0 Å². The molecule has 0 aromatic carbocycles. The Labute approximate surface area is 111 Å². The highest BCUT2D eigenvalue weighted by molar-refractivity contribution is 5.67. The average molecular weight is 256 g/mol. The normalized spacial score (nSPS) is 16.2. The minimum atomic E-state index is -0.412. The molecular weight excluding hydrogens is 228 g/mol. The van der Waals surface area contributed by atoms with Crippen LogP contribution in [0.5, 0.6) is 0 Å². The molecule has 1 aliphatic rings. The molecule has 0 bridgehead atoms. The molecule has 0 atom stereocenters. The second kappa shape index (κ2) is 7.62. The van der Waals surface area contributed by atoms with Gasteiger partial charge in [-0.2, -0.15) is 0 Å². The number of ether oxygens (including phenoxy) is 1. The van der Waals surface area contributed by atoms with E-state index in [-0.39, 0.29) is 6.09 Å². The summed E-state index contributed by atoms with van der Waals surface area (Å²) in [5.74, 6) is 0.970. The zero-order valence-electron chi connectivity index (χ0n) is 12.1. The predicted molar refractivity (Wildman–Crippen MR) is 73.7 cm³/mol. The molecule has 2 N–H and O–H groups in total. The molecule has 18 heavy (non-hydrogen) atoms. The van der Waals surface area contributed by atoms with E-state index in [0.29, 0.717) is 6.54 Å². The van der Waals surface area contributed by atoms with Gasteiger partial charge in [-0.15, -0.1) is 0 Å². The van der Waals surface area contributed by atoms with Gasteiger partial charge < -0.3 is 15.4 Å². The molecule has 4 heteroatoms. The highest BCUT2D eigenvalue weighted by Gasteiger charge is 2.16. The Bertz CT molecular complexity index is 245. The van der Waals surface area contributed by atoms with Gasteiger partial charge in [-0.1, -0.05) is 19.3 Å². The maximum atomic E-state index is 11.3. The maximum Gasteiger partial charge on any atom is 0.407 e. The molecule has 0 spiro atoms. The van der Waals surface area contributed by atoms with Crippen molar-refractivity contribution in [1.29, 1.82) is 0 Å². The second-order valence-electron chi connectivity index (χ2n) is 6.12. The molecule has 0 aromatic rings. The number of carbonyl (C=O) groups excluding carboxylic acids is 1. The van der Waals surface area contributed by atoms with E-state index >= 15 is 0 Å². The van der Waals surface area contributed by atoms with Crippen LogP contribution in [-0.4, -0.2) is 31.3 Å². The van der Waals surface area contributed by atoms with Crippen molar-refractivity contribution in [2.75, 3.05) is 19.6 Å². The monoisotopic (exact) mass is 256 g/mol. The molecule has 0 heterocycles. The van der Waals surface area contributed by atoms with Crippen molar-refractivity contribution >= 4 is 6.09 Å². The van der Waals surface area contributed by atoms with Gasteiger partial charge in [0.25, 0.3) is 0 Å². The highest BCUT2D eigenvalue weighted by Crippen LogP contribution is 2.28. The van der Waals surface area contributed by atoms with Crippen LogP contribution in [0.2, 0.25) is 0 Å². The molecule has 0 aliphatic heterocycles. The van der Waals surface area contributed by atoms with Gasteiger partial charge in [-0.25, -0.2) is 4.79 Å². The number of hydrogen-bond acceptors (Lipinski definition) is 3. The van der Waals surface area contributed by atoms with Gasteiger partial charge in [0, 0.05) is 6.54 Å². The quantitative estimate of drug-likeness (QED) is 0.689. The van der Waals surface area contributed by atoms with Gasteiger partial charge in [-0.3, -0.25) is 0 Å². The zero-order chi connectivity index (χ0) is 13.4. The number of nitrogens with one attached hydrogen (secondary N) is 2. The zero-order valence-corrected chi connectivity index (χ0v) is 12.1. The number of alkyl carbamates (subject to hydrolysis) is 1. The summed E-state index contributed by atoms with van der Waals surface area (Å²) >= 11 is 0. The van der Waals surface area contributed by atoms with Gasteiger partial charge in [0.15, 0.2) is 0 Å². The lowest BCUT2D eigenvalue weighted by molar-refractivity contribution is 0.0527. The summed E-state index contributed by atoms with van der Waals surface area (Å²) in [6.45, 7) is 8.35. The van der Waals surface area contributed by atoms with Crippen LogP contribution in [-0.2, 0) is 4.74 Å². The summed E-state index contributed by atoms with van der Waals surface area (Å²) in [6.07, 6.45) is 6.19. The Morgan fingerprint density at radius 1 is 1.22 bits per heavy atom. The molecule has 1 saturated carbocycles. The number of amides is 1. The summed E-state index contributed by atoms with van der Waals surface area (Å²) in [5, 5.41) is 6.17. The van der Waals surface area contributed by atoms with Crippen LogP contribution >= 0.6 is 0 Å². The topological polar surface area (TPSA) is 50.4 Å². The highest BCUT2D eigenvalue weighted by atomic mass is 16.6. The Balaban J connectivity index is 1.84. The third-order valence-corrected chi connectivity index (χ3v) is 3.15. The van der Waals surface area contributed by atoms with Crippen LogP contribution in [0.1, 0.15) is 52.9 Å². The summed E-state index contributed by atoms with van der Waals surface area (Å²) in [7, 11) is 0. The molecule has 1 rings (SSSR count). The van der Waals surface area contributed by atoms with Crippen LogP contribution in [0, 0.1) is 5.92 Å². The van der Waals surface area contributed by atoms with Gasteiger partial charge >= 0.3 is 6.09 Å². The minimum absolute atomic E-state index is 0.322. The molecule has 106 valence electrons. The second-order valence-corrected chi connectivity index (χ2v) is 6.12. The van der Waals surface area contributed by atoms with E-state index in [1.165, 1.54) is 25.7 Å². The van der Waals surface area contributed by atoms with Crippen molar-refractivity contribution in [2.24, 2.45) is 5.92 Å². The number of rotatable bonds is 7. The lowest BCUT2D eigenvalue weighted by Gasteiger charge is -2.25. The van der Waals surface area contributed by atoms with E-state index in [0.717, 1.165) is 25.4 Å². The van der Waals surface area contributed by atoms with Crippen LogP contribution in [0.3, 0.4) is 0 Å². The third-order valence-electron chi connectivity index (χ3n) is 3.15. The average Bonchev–Trinajstić information content (AvgIpc) is 2.16. The molecule has 0 saturated heterocycles. The fraction of sp³-hybridized carbons (Fsp3) is 0.929. The maximum absolute atomic E-state index is 11.3. The van der Waals surface area contributed by atoms with Crippen molar-refractivity contribution < 1.29 is 9.53 Å². The number of carbonyl (C=O) groups is 1. The smallest absolute Gasteiger partial charge is 0.407 e. The Kier molecular flexibility index (Phi) is 6.47.